The summed E-state index contributed by atoms with van der Waals surface area (Å²) in [4.78, 5) is 0. The Morgan fingerprint density at radius 3 is 2.52 bits per heavy atom. The van der Waals surface area contributed by atoms with Crippen molar-refractivity contribution in [3.05, 3.63) is 35.9 Å². The van der Waals surface area contributed by atoms with E-state index in [2.05, 4.69) is 0 Å². The zero-order valence-electron chi connectivity index (χ0n) is 15.8. The smallest absolute Gasteiger partial charge is 0.271 e. The standard InChI is InChI=1S/C21H30F2O4/c22-21(23,16-27-20-9-4-5-11-25-20)10-6-12-24-18-13-19(14-18)26-15-17-7-2-1-3-8-17/h1-3,7-8,18-20H,4-6,9-16H2. The van der Waals surface area contributed by atoms with Gasteiger partial charge in [-0.15, -0.1) is 0 Å². The van der Waals surface area contributed by atoms with Gasteiger partial charge in [0.25, 0.3) is 5.92 Å². The van der Waals surface area contributed by atoms with E-state index in [-0.39, 0.29) is 18.6 Å². The first-order valence-corrected chi connectivity index (χ1v) is 9.99. The Morgan fingerprint density at radius 1 is 1.00 bits per heavy atom. The third-order valence-electron chi connectivity index (χ3n) is 5.04. The molecule has 0 radical (unpaired) electrons. The summed E-state index contributed by atoms with van der Waals surface area (Å²) in [5, 5.41) is 0. The molecule has 0 aromatic heterocycles. The van der Waals surface area contributed by atoms with Crippen LogP contribution in [0.25, 0.3) is 0 Å². The average Bonchev–Trinajstić information content (AvgIpc) is 2.66. The van der Waals surface area contributed by atoms with Crippen LogP contribution in [0.15, 0.2) is 30.3 Å². The molecule has 1 unspecified atom stereocenters. The zero-order chi connectivity index (χ0) is 19.0. The van der Waals surface area contributed by atoms with Crippen LogP contribution in [0.2, 0.25) is 0 Å². The predicted molar refractivity (Wildman–Crippen MR) is 97.7 cm³/mol. The fraction of sp³-hybridized carbons (Fsp3) is 0.714. The Bertz CT molecular complexity index is 528. The number of alkyl halides is 2. The average molecular weight is 384 g/mol. The number of benzene rings is 1. The van der Waals surface area contributed by atoms with Crippen LogP contribution in [-0.4, -0.2) is 44.2 Å². The normalized spacial score (nSPS) is 25.9. The second-order valence-electron chi connectivity index (χ2n) is 7.45. The molecular formula is C21H30F2O4. The number of rotatable bonds is 11. The maximum atomic E-state index is 13.9. The highest BCUT2D eigenvalue weighted by molar-refractivity contribution is 5.13. The quantitative estimate of drug-likeness (QED) is 0.518. The highest BCUT2D eigenvalue weighted by atomic mass is 19.3. The molecule has 1 saturated heterocycles. The molecule has 1 saturated carbocycles. The first kappa shape index (κ1) is 20.6. The zero-order valence-corrected chi connectivity index (χ0v) is 15.8. The Kier molecular flexibility index (Phi) is 8.00. The van der Waals surface area contributed by atoms with Gasteiger partial charge in [-0.2, -0.15) is 0 Å². The van der Waals surface area contributed by atoms with Gasteiger partial charge in [0.2, 0.25) is 0 Å². The summed E-state index contributed by atoms with van der Waals surface area (Å²) in [6.45, 7) is 0.985. The van der Waals surface area contributed by atoms with E-state index in [1.807, 2.05) is 30.3 Å². The molecule has 1 aromatic rings. The van der Waals surface area contributed by atoms with Crippen molar-refractivity contribution in [2.24, 2.45) is 0 Å². The van der Waals surface area contributed by atoms with E-state index in [0.29, 0.717) is 32.7 Å². The van der Waals surface area contributed by atoms with E-state index in [9.17, 15) is 8.78 Å². The van der Waals surface area contributed by atoms with E-state index < -0.39 is 18.8 Å². The second kappa shape index (κ2) is 10.5. The van der Waals surface area contributed by atoms with Gasteiger partial charge in [0.15, 0.2) is 6.29 Å². The van der Waals surface area contributed by atoms with Crippen molar-refractivity contribution >= 4 is 0 Å². The van der Waals surface area contributed by atoms with Crippen LogP contribution in [0.1, 0.15) is 50.5 Å². The third kappa shape index (κ3) is 7.45. The van der Waals surface area contributed by atoms with Gasteiger partial charge in [0, 0.05) is 19.6 Å². The minimum Gasteiger partial charge on any atom is -0.378 e. The highest BCUT2D eigenvalue weighted by Gasteiger charge is 2.33. The predicted octanol–water partition coefficient (Wildman–Crippen LogP) is 4.71. The lowest BCUT2D eigenvalue weighted by atomic mass is 9.92. The summed E-state index contributed by atoms with van der Waals surface area (Å²) in [7, 11) is 0. The molecule has 27 heavy (non-hydrogen) atoms. The second-order valence-corrected chi connectivity index (χ2v) is 7.45. The molecule has 0 N–H and O–H groups in total. The molecule has 1 aromatic carbocycles. The summed E-state index contributed by atoms with van der Waals surface area (Å²) in [5.41, 5.74) is 1.16. The topological polar surface area (TPSA) is 36.9 Å². The Hall–Kier alpha value is -1.08. The first-order chi connectivity index (χ1) is 13.1. The highest BCUT2D eigenvalue weighted by Crippen LogP contribution is 2.28. The van der Waals surface area contributed by atoms with Gasteiger partial charge in [-0.3, -0.25) is 0 Å². The molecule has 3 rings (SSSR count). The summed E-state index contributed by atoms with van der Waals surface area (Å²) in [5.74, 6) is -2.83. The van der Waals surface area contributed by atoms with Crippen LogP contribution in [0.3, 0.4) is 0 Å². The molecule has 1 aliphatic heterocycles. The minimum absolute atomic E-state index is 0.131. The molecule has 2 fully saturated rings. The molecular weight excluding hydrogens is 354 g/mol. The SMILES string of the molecule is FC(F)(CCCOC1CC(OCc2ccccc2)C1)COC1CCCCO1. The Labute approximate surface area is 160 Å². The van der Waals surface area contributed by atoms with Gasteiger partial charge in [-0.25, -0.2) is 8.78 Å². The number of hydrogen-bond donors (Lipinski definition) is 0. The lowest BCUT2D eigenvalue weighted by Gasteiger charge is -2.35. The van der Waals surface area contributed by atoms with E-state index in [1.165, 1.54) is 0 Å². The molecule has 1 aliphatic carbocycles. The molecule has 1 heterocycles. The fourth-order valence-electron chi connectivity index (χ4n) is 3.29. The molecule has 0 bridgehead atoms. The van der Waals surface area contributed by atoms with Crippen LogP contribution in [0, 0.1) is 0 Å². The van der Waals surface area contributed by atoms with Gasteiger partial charge in [0.1, 0.15) is 6.61 Å². The molecule has 2 aliphatic rings. The van der Waals surface area contributed by atoms with E-state index in [0.717, 1.165) is 31.2 Å². The lowest BCUT2D eigenvalue weighted by Crippen LogP contribution is -2.37. The molecule has 0 spiro atoms. The van der Waals surface area contributed by atoms with Crippen molar-refractivity contribution in [1.29, 1.82) is 0 Å². The number of halogens is 2. The summed E-state index contributed by atoms with van der Waals surface area (Å²) in [6.07, 6.45) is 4.31. The summed E-state index contributed by atoms with van der Waals surface area (Å²) >= 11 is 0. The van der Waals surface area contributed by atoms with E-state index >= 15 is 0 Å². The van der Waals surface area contributed by atoms with Crippen molar-refractivity contribution in [1.82, 2.24) is 0 Å². The van der Waals surface area contributed by atoms with Crippen molar-refractivity contribution in [2.45, 2.75) is 76.0 Å². The third-order valence-corrected chi connectivity index (χ3v) is 5.04. The Morgan fingerprint density at radius 2 is 1.78 bits per heavy atom. The van der Waals surface area contributed by atoms with Crippen molar-refractivity contribution in [2.75, 3.05) is 19.8 Å². The molecule has 152 valence electrons. The van der Waals surface area contributed by atoms with Gasteiger partial charge in [-0.1, -0.05) is 30.3 Å². The molecule has 0 amide bonds. The maximum absolute atomic E-state index is 13.9. The number of ether oxygens (including phenoxy) is 4. The van der Waals surface area contributed by atoms with Crippen LogP contribution in [0.5, 0.6) is 0 Å². The van der Waals surface area contributed by atoms with Crippen LogP contribution in [-0.2, 0) is 25.6 Å². The summed E-state index contributed by atoms with van der Waals surface area (Å²) < 4.78 is 49.7. The number of hydrogen-bond acceptors (Lipinski definition) is 4. The van der Waals surface area contributed by atoms with Crippen LogP contribution in [0.4, 0.5) is 8.78 Å². The van der Waals surface area contributed by atoms with Crippen molar-refractivity contribution < 1.29 is 27.7 Å². The van der Waals surface area contributed by atoms with Crippen LogP contribution < -0.4 is 0 Å². The van der Waals surface area contributed by atoms with Gasteiger partial charge >= 0.3 is 0 Å². The molecule has 4 nitrogen and oxygen atoms in total. The van der Waals surface area contributed by atoms with Gasteiger partial charge in [-0.05, 0) is 44.1 Å². The Balaban J connectivity index is 1.19. The lowest BCUT2D eigenvalue weighted by molar-refractivity contribution is -0.202. The van der Waals surface area contributed by atoms with Crippen LogP contribution >= 0.6 is 0 Å². The van der Waals surface area contributed by atoms with Crippen molar-refractivity contribution in [3.8, 4) is 0 Å². The minimum atomic E-state index is -2.83. The maximum Gasteiger partial charge on any atom is 0.271 e. The van der Waals surface area contributed by atoms with Gasteiger partial charge < -0.3 is 18.9 Å². The molecule has 1 atom stereocenters. The largest absolute Gasteiger partial charge is 0.378 e. The fourth-order valence-corrected chi connectivity index (χ4v) is 3.29. The molecule has 6 heteroatoms. The van der Waals surface area contributed by atoms with Crippen molar-refractivity contribution in [3.63, 3.8) is 0 Å². The summed E-state index contributed by atoms with van der Waals surface area (Å²) in [6, 6.07) is 10.0. The monoisotopic (exact) mass is 384 g/mol. The van der Waals surface area contributed by atoms with E-state index in [4.69, 9.17) is 18.9 Å². The van der Waals surface area contributed by atoms with E-state index in [1.54, 1.807) is 0 Å². The van der Waals surface area contributed by atoms with Gasteiger partial charge in [0.05, 0.1) is 18.8 Å². The first-order valence-electron chi connectivity index (χ1n) is 9.99.